The van der Waals surface area contributed by atoms with Gasteiger partial charge in [0.15, 0.2) is 0 Å². The normalized spacial score (nSPS) is 18.8. The number of rotatable bonds is 5. The number of imide groups is 1. The number of carboxylic acids is 1. The van der Waals surface area contributed by atoms with E-state index in [9.17, 15) is 24.3 Å². The van der Waals surface area contributed by atoms with Crippen LogP contribution < -0.4 is 0 Å². The largest absolute Gasteiger partial charge is 0.480 e. The molecule has 0 aromatic heterocycles. The minimum absolute atomic E-state index is 0.00124. The topological polar surface area (TPSA) is 95.0 Å². The summed E-state index contributed by atoms with van der Waals surface area (Å²) in [5.74, 6) is -2.04. The third-order valence-corrected chi connectivity index (χ3v) is 5.19. The lowest BCUT2D eigenvalue weighted by molar-refractivity contribution is -0.142. The molecule has 2 heterocycles. The second-order valence-electron chi connectivity index (χ2n) is 6.98. The van der Waals surface area contributed by atoms with Gasteiger partial charge >= 0.3 is 5.97 Å². The molecule has 0 spiro atoms. The van der Waals surface area contributed by atoms with E-state index >= 15 is 0 Å². The van der Waals surface area contributed by atoms with E-state index < -0.39 is 23.8 Å². The van der Waals surface area contributed by atoms with Crippen molar-refractivity contribution in [1.82, 2.24) is 9.80 Å². The summed E-state index contributed by atoms with van der Waals surface area (Å²) >= 11 is 0. The monoisotopic (exact) mass is 358 g/mol. The number of hydrogen-bond donors (Lipinski definition) is 1. The van der Waals surface area contributed by atoms with Crippen molar-refractivity contribution in [1.29, 1.82) is 0 Å². The van der Waals surface area contributed by atoms with Crippen LogP contribution >= 0.6 is 0 Å². The van der Waals surface area contributed by atoms with Gasteiger partial charge in [-0.1, -0.05) is 19.1 Å². The molecule has 1 N–H and O–H groups in total. The van der Waals surface area contributed by atoms with Crippen molar-refractivity contribution in [3.63, 3.8) is 0 Å². The zero-order chi connectivity index (χ0) is 18.8. The second kappa shape index (κ2) is 7.27. The molecule has 0 radical (unpaired) electrons. The third-order valence-electron chi connectivity index (χ3n) is 5.19. The van der Waals surface area contributed by atoms with E-state index in [1.54, 1.807) is 17.0 Å². The van der Waals surface area contributed by atoms with E-state index in [-0.39, 0.29) is 29.9 Å². The minimum atomic E-state index is -1.34. The number of amides is 3. The summed E-state index contributed by atoms with van der Waals surface area (Å²) in [5, 5.41) is 9.54. The highest BCUT2D eigenvalue weighted by Gasteiger charge is 2.42. The van der Waals surface area contributed by atoms with Crippen LogP contribution in [0.4, 0.5) is 0 Å². The number of carboxylic acid groups (broad SMARTS) is 1. The van der Waals surface area contributed by atoms with Crippen LogP contribution in [-0.4, -0.2) is 57.7 Å². The van der Waals surface area contributed by atoms with Crippen molar-refractivity contribution in [2.24, 2.45) is 5.92 Å². The van der Waals surface area contributed by atoms with Crippen LogP contribution in [-0.2, 0) is 9.59 Å². The molecule has 2 aliphatic heterocycles. The van der Waals surface area contributed by atoms with Crippen LogP contribution in [0, 0.1) is 5.92 Å². The molecule has 0 saturated carbocycles. The quantitative estimate of drug-likeness (QED) is 0.810. The van der Waals surface area contributed by atoms with Crippen LogP contribution in [0.2, 0.25) is 0 Å². The van der Waals surface area contributed by atoms with Crippen LogP contribution in [0.15, 0.2) is 24.3 Å². The van der Waals surface area contributed by atoms with E-state index in [2.05, 4.69) is 6.92 Å². The molecule has 0 bridgehead atoms. The molecule has 1 aromatic rings. The maximum atomic E-state index is 12.5. The summed E-state index contributed by atoms with van der Waals surface area (Å²) in [6.45, 7) is 3.49. The number of fused-ring (bicyclic) bond motifs is 1. The van der Waals surface area contributed by atoms with Gasteiger partial charge < -0.3 is 10.0 Å². The van der Waals surface area contributed by atoms with Crippen molar-refractivity contribution in [3.05, 3.63) is 35.4 Å². The molecule has 138 valence electrons. The summed E-state index contributed by atoms with van der Waals surface area (Å²) in [4.78, 5) is 51.5. The number of nitrogens with zero attached hydrogens (tertiary/aromatic N) is 2. The first-order chi connectivity index (χ1) is 12.4. The van der Waals surface area contributed by atoms with Crippen molar-refractivity contribution < 1.29 is 24.3 Å². The Kier molecular flexibility index (Phi) is 5.06. The molecule has 1 unspecified atom stereocenters. The average Bonchev–Trinajstić information content (AvgIpc) is 2.87. The molecule has 26 heavy (non-hydrogen) atoms. The van der Waals surface area contributed by atoms with Crippen molar-refractivity contribution >= 4 is 23.7 Å². The van der Waals surface area contributed by atoms with Gasteiger partial charge in [0.2, 0.25) is 5.91 Å². The highest BCUT2D eigenvalue weighted by molar-refractivity contribution is 6.22. The summed E-state index contributed by atoms with van der Waals surface area (Å²) in [5.41, 5.74) is 0.417. The minimum Gasteiger partial charge on any atom is -0.480 e. The Morgan fingerprint density at radius 3 is 2.15 bits per heavy atom. The summed E-state index contributed by atoms with van der Waals surface area (Å²) in [6.07, 6.45) is 1.80. The van der Waals surface area contributed by atoms with Gasteiger partial charge in [-0.05, 0) is 37.3 Å². The first-order valence-corrected chi connectivity index (χ1v) is 8.87. The molecule has 3 amide bonds. The van der Waals surface area contributed by atoms with Gasteiger partial charge in [0.25, 0.3) is 11.8 Å². The Morgan fingerprint density at radius 1 is 1.12 bits per heavy atom. The van der Waals surface area contributed by atoms with Gasteiger partial charge in [0.05, 0.1) is 11.1 Å². The summed E-state index contributed by atoms with van der Waals surface area (Å²) < 4.78 is 0. The fourth-order valence-corrected chi connectivity index (χ4v) is 3.53. The number of benzene rings is 1. The Morgan fingerprint density at radius 2 is 1.65 bits per heavy atom. The fourth-order valence-electron chi connectivity index (χ4n) is 3.53. The number of aliphatic carboxylic acids is 1. The van der Waals surface area contributed by atoms with Crippen molar-refractivity contribution in [3.8, 4) is 0 Å². The zero-order valence-electron chi connectivity index (χ0n) is 14.7. The molecule has 2 aliphatic rings. The van der Waals surface area contributed by atoms with E-state index in [0.717, 1.165) is 17.7 Å². The molecular formula is C19H22N2O5. The van der Waals surface area contributed by atoms with E-state index in [1.165, 1.54) is 12.1 Å². The van der Waals surface area contributed by atoms with E-state index in [4.69, 9.17) is 0 Å². The van der Waals surface area contributed by atoms with E-state index in [1.807, 2.05) is 0 Å². The SMILES string of the molecule is CC1CCN(C(=O)CCC(C(=O)O)N2C(=O)c3ccccc3C2=O)CC1. The number of likely N-dealkylation sites (tertiary alicyclic amines) is 1. The summed E-state index contributed by atoms with van der Waals surface area (Å²) in [6, 6.07) is 4.94. The molecule has 3 rings (SSSR count). The average molecular weight is 358 g/mol. The lowest BCUT2D eigenvalue weighted by Gasteiger charge is -2.31. The predicted octanol–water partition coefficient (Wildman–Crippen LogP) is 1.77. The molecule has 1 atom stereocenters. The van der Waals surface area contributed by atoms with E-state index in [0.29, 0.717) is 19.0 Å². The number of hydrogen-bond acceptors (Lipinski definition) is 4. The Bertz CT molecular complexity index is 717. The number of carbonyl (C=O) groups is 4. The molecule has 1 fully saturated rings. The van der Waals surface area contributed by atoms with Crippen molar-refractivity contribution in [2.45, 2.75) is 38.6 Å². The lowest BCUT2D eigenvalue weighted by Crippen LogP contribution is -2.46. The van der Waals surface area contributed by atoms with Gasteiger partial charge in [0.1, 0.15) is 6.04 Å². The maximum absolute atomic E-state index is 12.5. The highest BCUT2D eigenvalue weighted by Crippen LogP contribution is 2.26. The van der Waals surface area contributed by atoms with Crippen LogP contribution in [0.3, 0.4) is 0 Å². The first-order valence-electron chi connectivity index (χ1n) is 8.87. The second-order valence-corrected chi connectivity index (χ2v) is 6.98. The smallest absolute Gasteiger partial charge is 0.326 e. The predicted molar refractivity (Wildman–Crippen MR) is 92.6 cm³/mol. The Hall–Kier alpha value is -2.70. The molecule has 1 aromatic carbocycles. The number of piperidine rings is 1. The highest BCUT2D eigenvalue weighted by atomic mass is 16.4. The van der Waals surface area contributed by atoms with Gasteiger partial charge in [-0.2, -0.15) is 0 Å². The lowest BCUT2D eigenvalue weighted by atomic mass is 9.98. The molecule has 7 nitrogen and oxygen atoms in total. The zero-order valence-corrected chi connectivity index (χ0v) is 14.7. The molecule has 1 saturated heterocycles. The van der Waals surface area contributed by atoms with Gasteiger partial charge in [-0.25, -0.2) is 4.79 Å². The van der Waals surface area contributed by atoms with Crippen molar-refractivity contribution in [2.75, 3.05) is 13.1 Å². The Balaban J connectivity index is 1.69. The number of carbonyl (C=O) groups excluding carboxylic acids is 3. The van der Waals surface area contributed by atoms with Crippen LogP contribution in [0.1, 0.15) is 53.3 Å². The molecule has 0 aliphatic carbocycles. The van der Waals surface area contributed by atoms with Crippen LogP contribution in [0.5, 0.6) is 0 Å². The van der Waals surface area contributed by atoms with Gasteiger partial charge in [0, 0.05) is 19.5 Å². The standard InChI is InChI=1S/C19H22N2O5/c1-12-8-10-20(11-9-12)16(22)7-6-15(19(25)26)21-17(23)13-4-2-3-5-14(13)18(21)24/h2-5,12,15H,6-11H2,1H3,(H,25,26). The third kappa shape index (κ3) is 3.34. The molecular weight excluding hydrogens is 336 g/mol. The Labute approximate surface area is 151 Å². The molecule has 7 heteroatoms. The maximum Gasteiger partial charge on any atom is 0.326 e. The fraction of sp³-hybridized carbons (Fsp3) is 0.474. The van der Waals surface area contributed by atoms with Gasteiger partial charge in [-0.15, -0.1) is 0 Å². The van der Waals surface area contributed by atoms with Gasteiger partial charge in [-0.3, -0.25) is 19.3 Å². The van der Waals surface area contributed by atoms with Crippen LogP contribution in [0.25, 0.3) is 0 Å². The first kappa shape index (κ1) is 18.1. The summed E-state index contributed by atoms with van der Waals surface area (Å²) in [7, 11) is 0.